The van der Waals surface area contributed by atoms with E-state index >= 15 is 0 Å². The summed E-state index contributed by atoms with van der Waals surface area (Å²) in [6.07, 6.45) is 4.71. The lowest BCUT2D eigenvalue weighted by Gasteiger charge is -2.17. The fourth-order valence-electron chi connectivity index (χ4n) is 2.77. The second kappa shape index (κ2) is 9.26. The first-order chi connectivity index (χ1) is 10.8. The molecule has 0 fully saturated rings. The summed E-state index contributed by atoms with van der Waals surface area (Å²) < 4.78 is 5.85. The summed E-state index contributed by atoms with van der Waals surface area (Å²) in [5.74, 6) is 1.55. The van der Waals surface area contributed by atoms with Gasteiger partial charge in [-0.1, -0.05) is 55.8 Å². The molecule has 2 aromatic rings. The van der Waals surface area contributed by atoms with Crippen molar-refractivity contribution >= 4 is 0 Å². The van der Waals surface area contributed by atoms with Gasteiger partial charge >= 0.3 is 0 Å². The number of hydrogen-bond donors (Lipinski definition) is 1. The molecule has 2 N–H and O–H groups in total. The van der Waals surface area contributed by atoms with Gasteiger partial charge in [0.15, 0.2) is 0 Å². The molecular weight excluding hydrogens is 270 g/mol. The van der Waals surface area contributed by atoms with Crippen molar-refractivity contribution in [2.45, 2.75) is 45.1 Å². The van der Waals surface area contributed by atoms with Gasteiger partial charge in [-0.3, -0.25) is 0 Å². The maximum atomic E-state index is 5.85. The first-order valence-electron chi connectivity index (χ1n) is 8.30. The summed E-state index contributed by atoms with van der Waals surface area (Å²) in [6.45, 7) is 3.64. The molecule has 1 atom stereocenters. The second-order valence-electron chi connectivity index (χ2n) is 5.76. The number of benzene rings is 2. The van der Waals surface area contributed by atoms with Crippen molar-refractivity contribution in [1.82, 2.24) is 0 Å². The Kier molecular flexibility index (Phi) is 6.98. The highest BCUT2D eigenvalue weighted by atomic mass is 16.5. The Labute approximate surface area is 134 Å². The third kappa shape index (κ3) is 5.19. The molecule has 2 heteroatoms. The highest BCUT2D eigenvalue weighted by Gasteiger charge is 2.10. The normalized spacial score (nSPS) is 12.1. The maximum Gasteiger partial charge on any atom is 0.119 e. The Morgan fingerprint density at radius 3 is 2.32 bits per heavy atom. The van der Waals surface area contributed by atoms with Gasteiger partial charge in [0.25, 0.3) is 0 Å². The molecule has 0 amide bonds. The molecule has 0 spiro atoms. The molecule has 2 nitrogen and oxygen atoms in total. The van der Waals surface area contributed by atoms with Crippen molar-refractivity contribution in [3.05, 3.63) is 65.7 Å². The number of hydrogen-bond acceptors (Lipinski definition) is 2. The van der Waals surface area contributed by atoms with Crippen LogP contribution in [0.4, 0.5) is 0 Å². The minimum Gasteiger partial charge on any atom is -0.489 e. The zero-order valence-corrected chi connectivity index (χ0v) is 13.5. The molecule has 22 heavy (non-hydrogen) atoms. The molecule has 2 rings (SSSR count). The average Bonchev–Trinajstić information content (AvgIpc) is 2.58. The van der Waals surface area contributed by atoms with E-state index in [1.807, 2.05) is 18.2 Å². The van der Waals surface area contributed by atoms with Crippen LogP contribution < -0.4 is 10.5 Å². The molecule has 0 radical (unpaired) electrons. The SMILES string of the molecule is CCCC(CCCN)c1ccc(OCc2ccccc2)cc1. The molecule has 118 valence electrons. The molecule has 0 bridgehead atoms. The van der Waals surface area contributed by atoms with E-state index in [1.54, 1.807) is 0 Å². The van der Waals surface area contributed by atoms with Gasteiger partial charge in [-0.15, -0.1) is 0 Å². The molecule has 2 aromatic carbocycles. The summed E-state index contributed by atoms with van der Waals surface area (Å²) >= 11 is 0. The van der Waals surface area contributed by atoms with Gasteiger partial charge < -0.3 is 10.5 Å². The van der Waals surface area contributed by atoms with E-state index in [9.17, 15) is 0 Å². The summed E-state index contributed by atoms with van der Waals surface area (Å²) in [7, 11) is 0. The topological polar surface area (TPSA) is 35.2 Å². The molecule has 0 heterocycles. The minimum atomic E-state index is 0.617. The Balaban J connectivity index is 1.93. The average molecular weight is 297 g/mol. The van der Waals surface area contributed by atoms with E-state index in [-0.39, 0.29) is 0 Å². The first-order valence-corrected chi connectivity index (χ1v) is 8.30. The predicted molar refractivity (Wildman–Crippen MR) is 93.2 cm³/mol. The first kappa shape index (κ1) is 16.6. The van der Waals surface area contributed by atoms with E-state index in [0.717, 1.165) is 18.7 Å². The highest BCUT2D eigenvalue weighted by Crippen LogP contribution is 2.27. The molecule has 0 aliphatic heterocycles. The van der Waals surface area contributed by atoms with E-state index in [1.165, 1.54) is 30.4 Å². The molecule has 0 aliphatic rings. The van der Waals surface area contributed by atoms with Crippen molar-refractivity contribution < 1.29 is 4.74 Å². The predicted octanol–water partition coefficient (Wildman–Crippen LogP) is 4.89. The third-order valence-corrected chi connectivity index (χ3v) is 3.99. The standard InChI is InChI=1S/C20H27NO/c1-2-7-18(10-6-15-21)19-11-13-20(14-12-19)22-16-17-8-4-3-5-9-17/h3-5,8-9,11-14,18H,2,6-7,10,15-16,21H2,1H3. The largest absolute Gasteiger partial charge is 0.489 e. The van der Waals surface area contributed by atoms with Crippen LogP contribution in [0.1, 0.15) is 49.7 Å². The lowest BCUT2D eigenvalue weighted by atomic mass is 9.90. The maximum absolute atomic E-state index is 5.85. The Bertz CT molecular complexity index is 521. The van der Waals surface area contributed by atoms with Gasteiger partial charge in [-0.05, 0) is 55.0 Å². The summed E-state index contributed by atoms with van der Waals surface area (Å²) in [5, 5.41) is 0. The summed E-state index contributed by atoms with van der Waals surface area (Å²) in [6, 6.07) is 18.8. The van der Waals surface area contributed by atoms with Crippen LogP contribution in [-0.4, -0.2) is 6.54 Å². The van der Waals surface area contributed by atoms with Gasteiger partial charge in [0.05, 0.1) is 0 Å². The van der Waals surface area contributed by atoms with Crippen molar-refractivity contribution in [1.29, 1.82) is 0 Å². The molecule has 0 saturated carbocycles. The summed E-state index contributed by atoms with van der Waals surface area (Å²) in [5.41, 5.74) is 8.25. The van der Waals surface area contributed by atoms with Gasteiger partial charge in [-0.25, -0.2) is 0 Å². The van der Waals surface area contributed by atoms with Crippen molar-refractivity contribution in [3.8, 4) is 5.75 Å². The van der Waals surface area contributed by atoms with Crippen LogP contribution in [0.25, 0.3) is 0 Å². The van der Waals surface area contributed by atoms with Crippen LogP contribution in [-0.2, 0) is 6.61 Å². The minimum absolute atomic E-state index is 0.617. The highest BCUT2D eigenvalue weighted by molar-refractivity contribution is 5.30. The monoisotopic (exact) mass is 297 g/mol. The fraction of sp³-hybridized carbons (Fsp3) is 0.400. The van der Waals surface area contributed by atoms with E-state index in [4.69, 9.17) is 10.5 Å². The smallest absolute Gasteiger partial charge is 0.119 e. The lowest BCUT2D eigenvalue weighted by Crippen LogP contribution is -2.04. The van der Waals surface area contributed by atoms with E-state index in [2.05, 4.69) is 43.3 Å². The molecular formula is C20H27NO. The molecule has 0 aromatic heterocycles. The van der Waals surface area contributed by atoms with Gasteiger partial charge in [0.1, 0.15) is 12.4 Å². The van der Waals surface area contributed by atoms with Crippen LogP contribution in [0.15, 0.2) is 54.6 Å². The summed E-state index contributed by atoms with van der Waals surface area (Å²) in [4.78, 5) is 0. The van der Waals surface area contributed by atoms with E-state index in [0.29, 0.717) is 12.5 Å². The van der Waals surface area contributed by atoms with Crippen LogP contribution in [0.3, 0.4) is 0 Å². The Morgan fingerprint density at radius 1 is 0.955 bits per heavy atom. The second-order valence-corrected chi connectivity index (χ2v) is 5.76. The quantitative estimate of drug-likeness (QED) is 0.715. The number of ether oxygens (including phenoxy) is 1. The van der Waals surface area contributed by atoms with Crippen molar-refractivity contribution in [3.63, 3.8) is 0 Å². The van der Waals surface area contributed by atoms with Gasteiger partial charge in [-0.2, -0.15) is 0 Å². The van der Waals surface area contributed by atoms with Gasteiger partial charge in [0, 0.05) is 0 Å². The van der Waals surface area contributed by atoms with Crippen molar-refractivity contribution in [2.75, 3.05) is 6.54 Å². The van der Waals surface area contributed by atoms with Crippen molar-refractivity contribution in [2.24, 2.45) is 5.73 Å². The lowest BCUT2D eigenvalue weighted by molar-refractivity contribution is 0.306. The van der Waals surface area contributed by atoms with E-state index < -0.39 is 0 Å². The molecule has 1 unspecified atom stereocenters. The molecule has 0 saturated heterocycles. The Morgan fingerprint density at radius 2 is 1.68 bits per heavy atom. The van der Waals surface area contributed by atoms with Crippen LogP contribution in [0.5, 0.6) is 5.75 Å². The molecule has 0 aliphatic carbocycles. The fourth-order valence-corrected chi connectivity index (χ4v) is 2.77. The third-order valence-electron chi connectivity index (χ3n) is 3.99. The zero-order valence-electron chi connectivity index (χ0n) is 13.5. The zero-order chi connectivity index (χ0) is 15.6. The number of nitrogens with two attached hydrogens (primary N) is 1. The number of rotatable bonds is 9. The van der Waals surface area contributed by atoms with Crippen LogP contribution >= 0.6 is 0 Å². The van der Waals surface area contributed by atoms with Gasteiger partial charge in [0.2, 0.25) is 0 Å². The van der Waals surface area contributed by atoms with Crippen LogP contribution in [0, 0.1) is 0 Å². The van der Waals surface area contributed by atoms with Crippen LogP contribution in [0.2, 0.25) is 0 Å². The Hall–Kier alpha value is -1.80.